The molecule has 1 aliphatic rings. The van der Waals surface area contributed by atoms with Crippen molar-refractivity contribution in [3.63, 3.8) is 0 Å². The minimum absolute atomic E-state index is 0.00542. The number of rotatable bonds is 6. The van der Waals surface area contributed by atoms with Gasteiger partial charge in [0.1, 0.15) is 11.6 Å². The molecule has 1 aliphatic heterocycles. The molecule has 3 aromatic carbocycles. The first-order valence-electron chi connectivity index (χ1n) is 11.5. The largest absolute Gasteiger partial charge is 0.430 e. The van der Waals surface area contributed by atoms with E-state index in [4.69, 9.17) is 4.74 Å². The van der Waals surface area contributed by atoms with E-state index in [9.17, 15) is 9.18 Å². The van der Waals surface area contributed by atoms with Crippen molar-refractivity contribution >= 4 is 23.1 Å². The van der Waals surface area contributed by atoms with Crippen molar-refractivity contribution in [3.8, 4) is 10.9 Å². The van der Waals surface area contributed by atoms with Crippen molar-refractivity contribution in [1.82, 2.24) is 14.3 Å². The first kappa shape index (κ1) is 23.0. The summed E-state index contributed by atoms with van der Waals surface area (Å²) in [6.45, 7) is 5.05. The van der Waals surface area contributed by atoms with Crippen LogP contribution >= 0.6 is 11.5 Å². The maximum atomic E-state index is 13.1. The number of piperazine rings is 1. The summed E-state index contributed by atoms with van der Waals surface area (Å²) < 4.78 is 23.3. The number of hydrogen-bond donors (Lipinski definition) is 0. The number of nitrogens with zero attached hydrogens (tertiary/aromatic N) is 4. The molecule has 5 rings (SSSR count). The summed E-state index contributed by atoms with van der Waals surface area (Å²) in [7, 11) is 0. The summed E-state index contributed by atoms with van der Waals surface area (Å²) in [5.74, 6) is 0.870. The van der Waals surface area contributed by atoms with Crippen LogP contribution < -0.4 is 9.64 Å². The van der Waals surface area contributed by atoms with Crippen LogP contribution in [0.4, 0.5) is 10.1 Å². The average molecular weight is 489 g/mol. The highest BCUT2D eigenvalue weighted by molar-refractivity contribution is 7.07. The third kappa shape index (κ3) is 5.49. The molecule has 0 unspecified atom stereocenters. The first-order chi connectivity index (χ1) is 17.0. The summed E-state index contributed by atoms with van der Waals surface area (Å²) >= 11 is 1.15. The van der Waals surface area contributed by atoms with Crippen LogP contribution in [-0.4, -0.2) is 46.3 Å². The number of hydrogen-bond acceptors (Lipinski definition) is 6. The van der Waals surface area contributed by atoms with Gasteiger partial charge in [-0.1, -0.05) is 36.4 Å². The first-order valence-corrected chi connectivity index (χ1v) is 12.3. The molecule has 1 fully saturated rings. The highest BCUT2D eigenvalue weighted by Gasteiger charge is 2.23. The summed E-state index contributed by atoms with van der Waals surface area (Å²) in [5.41, 5.74) is 3.98. The summed E-state index contributed by atoms with van der Waals surface area (Å²) in [5, 5.41) is 0.401. The maximum absolute atomic E-state index is 13.1. The molecular formula is C27H25FN4O2S. The lowest BCUT2D eigenvalue weighted by Gasteiger charge is -2.36. The van der Waals surface area contributed by atoms with Crippen molar-refractivity contribution in [2.24, 2.45) is 0 Å². The fourth-order valence-electron chi connectivity index (χ4n) is 4.18. The molecule has 0 N–H and O–H groups in total. The second-order valence-corrected chi connectivity index (χ2v) is 9.19. The van der Waals surface area contributed by atoms with E-state index in [1.165, 1.54) is 23.4 Å². The molecule has 0 spiro atoms. The van der Waals surface area contributed by atoms with E-state index in [0.717, 1.165) is 30.2 Å². The van der Waals surface area contributed by atoms with Gasteiger partial charge < -0.3 is 14.5 Å². The molecular weight excluding hydrogens is 463 g/mol. The molecule has 8 heteroatoms. The lowest BCUT2D eigenvalue weighted by Crippen LogP contribution is -2.49. The van der Waals surface area contributed by atoms with Gasteiger partial charge in [0, 0.05) is 55.4 Å². The lowest BCUT2D eigenvalue weighted by atomic mass is 10.1. The van der Waals surface area contributed by atoms with E-state index in [2.05, 4.69) is 39.4 Å². The number of aryl methyl sites for hydroxylation is 1. The number of anilines is 1. The average Bonchev–Trinajstić information content (AvgIpc) is 3.32. The molecule has 0 atom stereocenters. The van der Waals surface area contributed by atoms with E-state index in [1.807, 2.05) is 23.1 Å². The van der Waals surface area contributed by atoms with Gasteiger partial charge in [-0.2, -0.15) is 9.36 Å². The quantitative estimate of drug-likeness (QED) is 0.367. The van der Waals surface area contributed by atoms with Crippen LogP contribution in [0, 0.1) is 12.7 Å². The predicted octanol–water partition coefficient (Wildman–Crippen LogP) is 5.33. The Balaban J connectivity index is 1.20. The molecule has 2 heterocycles. The Bertz CT molecular complexity index is 1320. The van der Waals surface area contributed by atoms with Crippen molar-refractivity contribution in [2.75, 3.05) is 31.1 Å². The van der Waals surface area contributed by atoms with E-state index in [1.54, 1.807) is 24.3 Å². The zero-order valence-electron chi connectivity index (χ0n) is 19.4. The van der Waals surface area contributed by atoms with Crippen LogP contribution in [0.1, 0.15) is 27.3 Å². The number of carbonyl (C=O) groups excluding carboxylic acids is 1. The maximum Gasteiger partial charge on any atom is 0.298 e. The predicted molar refractivity (Wildman–Crippen MR) is 135 cm³/mol. The summed E-state index contributed by atoms with van der Waals surface area (Å²) in [4.78, 5) is 21.8. The van der Waals surface area contributed by atoms with Gasteiger partial charge in [-0.3, -0.25) is 4.79 Å². The van der Waals surface area contributed by atoms with Gasteiger partial charge in [-0.25, -0.2) is 4.39 Å². The van der Waals surface area contributed by atoms with Crippen molar-refractivity contribution in [1.29, 1.82) is 0 Å². The highest BCUT2D eigenvalue weighted by Crippen LogP contribution is 2.26. The third-order valence-corrected chi connectivity index (χ3v) is 6.67. The molecule has 0 bridgehead atoms. The smallest absolute Gasteiger partial charge is 0.298 e. The third-order valence-electron chi connectivity index (χ3n) is 6.03. The molecule has 0 radical (unpaired) electrons. The minimum atomic E-state index is -0.272. The van der Waals surface area contributed by atoms with Gasteiger partial charge in [-0.15, -0.1) is 0 Å². The number of para-hydroxylation sites is 1. The number of ether oxygens (including phenoxy) is 1. The zero-order chi connectivity index (χ0) is 24.2. The number of aromatic nitrogens is 2. The van der Waals surface area contributed by atoms with Gasteiger partial charge in [0.05, 0.1) is 0 Å². The van der Waals surface area contributed by atoms with E-state index in [-0.39, 0.29) is 11.7 Å². The van der Waals surface area contributed by atoms with E-state index >= 15 is 0 Å². The van der Waals surface area contributed by atoms with Gasteiger partial charge in [0.25, 0.3) is 11.1 Å². The number of carbonyl (C=O) groups is 1. The molecule has 35 heavy (non-hydrogen) atoms. The summed E-state index contributed by atoms with van der Waals surface area (Å²) in [6, 6.07) is 21.8. The Labute approximate surface area is 207 Å². The highest BCUT2D eigenvalue weighted by atomic mass is 32.1. The molecule has 6 nitrogen and oxygen atoms in total. The van der Waals surface area contributed by atoms with Crippen LogP contribution in [0.25, 0.3) is 0 Å². The Hall–Kier alpha value is -3.78. The monoisotopic (exact) mass is 488 g/mol. The normalized spacial score (nSPS) is 13.7. The van der Waals surface area contributed by atoms with Crippen LogP contribution in [0.5, 0.6) is 10.9 Å². The van der Waals surface area contributed by atoms with Crippen molar-refractivity contribution in [2.45, 2.75) is 13.3 Å². The second-order valence-electron chi connectivity index (χ2n) is 8.48. The zero-order valence-corrected chi connectivity index (χ0v) is 20.2. The van der Waals surface area contributed by atoms with Crippen LogP contribution in [0.2, 0.25) is 0 Å². The molecule has 4 aromatic rings. The fourth-order valence-corrected chi connectivity index (χ4v) is 4.75. The molecule has 0 saturated carbocycles. The Morgan fingerprint density at radius 2 is 1.77 bits per heavy atom. The van der Waals surface area contributed by atoms with Crippen LogP contribution in [0.3, 0.4) is 0 Å². The van der Waals surface area contributed by atoms with E-state index < -0.39 is 0 Å². The topological polar surface area (TPSA) is 58.6 Å². The fraction of sp³-hybridized carbons (Fsp3) is 0.222. The molecule has 178 valence electrons. The lowest BCUT2D eigenvalue weighted by molar-refractivity contribution is 0.0746. The van der Waals surface area contributed by atoms with Crippen molar-refractivity contribution < 1.29 is 13.9 Å². The van der Waals surface area contributed by atoms with Crippen LogP contribution in [-0.2, 0) is 6.42 Å². The SMILES string of the molecule is Cc1ccccc1N1CCN(C(=O)c2cccc(Oc3nc(Cc4ccc(F)cc4)ns3)c2)CC1. The Morgan fingerprint density at radius 1 is 1.00 bits per heavy atom. The molecule has 1 saturated heterocycles. The number of benzene rings is 3. The van der Waals surface area contributed by atoms with Gasteiger partial charge in [0.15, 0.2) is 5.82 Å². The second kappa shape index (κ2) is 10.2. The number of halogens is 1. The van der Waals surface area contributed by atoms with Gasteiger partial charge in [-0.05, 0) is 54.4 Å². The molecule has 1 aromatic heterocycles. The standard InChI is InChI=1S/C27H25FN4O2S/c1-19-5-2-3-8-24(19)31-13-15-32(16-14-31)26(33)21-6-4-7-23(18-21)34-27-29-25(30-35-27)17-20-9-11-22(28)12-10-20/h2-12,18H,13-17H2,1H3. The van der Waals surface area contributed by atoms with Gasteiger partial charge in [0.2, 0.25) is 0 Å². The van der Waals surface area contributed by atoms with Gasteiger partial charge >= 0.3 is 0 Å². The Kier molecular flexibility index (Phi) is 6.72. The molecule has 0 aliphatic carbocycles. The molecule has 1 amide bonds. The van der Waals surface area contributed by atoms with E-state index in [0.29, 0.717) is 41.8 Å². The van der Waals surface area contributed by atoms with Crippen LogP contribution in [0.15, 0.2) is 72.8 Å². The number of amides is 1. The minimum Gasteiger partial charge on any atom is -0.430 e. The Morgan fingerprint density at radius 3 is 2.54 bits per heavy atom. The summed E-state index contributed by atoms with van der Waals surface area (Å²) in [6.07, 6.45) is 0.493. The van der Waals surface area contributed by atoms with Crippen molar-refractivity contribution in [3.05, 3.63) is 101 Å².